The molecule has 0 amide bonds. The highest BCUT2D eigenvalue weighted by molar-refractivity contribution is 5.32. The number of aliphatic hydroxyl groups is 1. The molecule has 0 fully saturated rings. The number of nitrogens with two attached hydrogens (primary N) is 1. The Morgan fingerprint density at radius 3 is 1.56 bits per heavy atom. The third kappa shape index (κ3) is 2.76. The first-order valence-corrected chi connectivity index (χ1v) is 6.56. The van der Waals surface area contributed by atoms with Gasteiger partial charge in [0, 0.05) is 6.54 Å². The third-order valence-corrected chi connectivity index (χ3v) is 3.76. The summed E-state index contributed by atoms with van der Waals surface area (Å²) in [7, 11) is 0. The predicted octanol–water partition coefficient (Wildman–Crippen LogP) is 3.18. The minimum atomic E-state index is -0.983. The summed E-state index contributed by atoms with van der Waals surface area (Å²) in [6.45, 7) is 12.8. The summed E-state index contributed by atoms with van der Waals surface area (Å²) >= 11 is 0. The van der Waals surface area contributed by atoms with Crippen LogP contribution in [0, 0.1) is 5.41 Å². The summed E-state index contributed by atoms with van der Waals surface area (Å²) in [5.74, 6) is 0. The smallest absolute Gasteiger partial charge is 0.107 e. The third-order valence-electron chi connectivity index (χ3n) is 3.76. The number of benzene rings is 1. The Morgan fingerprint density at radius 2 is 1.28 bits per heavy atom. The first-order chi connectivity index (χ1) is 8.02. The summed E-state index contributed by atoms with van der Waals surface area (Å²) in [6.07, 6.45) is 0. The zero-order valence-corrected chi connectivity index (χ0v) is 12.5. The fraction of sp³-hybridized carbons (Fsp3) is 0.625. The predicted molar refractivity (Wildman–Crippen MR) is 77.5 cm³/mol. The van der Waals surface area contributed by atoms with Crippen molar-refractivity contribution in [3.63, 3.8) is 0 Å². The second-order valence-corrected chi connectivity index (χ2v) is 7.14. The van der Waals surface area contributed by atoms with Gasteiger partial charge in [0.05, 0.1) is 0 Å². The van der Waals surface area contributed by atoms with Crippen molar-refractivity contribution >= 4 is 0 Å². The molecule has 0 bridgehead atoms. The van der Waals surface area contributed by atoms with E-state index in [1.54, 1.807) is 0 Å². The molecule has 0 heterocycles. The van der Waals surface area contributed by atoms with Crippen LogP contribution < -0.4 is 5.73 Å². The number of hydrogen-bond acceptors (Lipinski definition) is 2. The van der Waals surface area contributed by atoms with Gasteiger partial charge in [-0.05, 0) is 22.0 Å². The largest absolute Gasteiger partial charge is 0.383 e. The highest BCUT2D eigenvalue weighted by Gasteiger charge is 2.40. The molecule has 0 aliphatic carbocycles. The quantitative estimate of drug-likeness (QED) is 0.845. The maximum absolute atomic E-state index is 10.8. The summed E-state index contributed by atoms with van der Waals surface area (Å²) in [6, 6.07) is 8.17. The Morgan fingerprint density at radius 1 is 0.889 bits per heavy atom. The molecule has 2 heteroatoms. The van der Waals surface area contributed by atoms with Crippen LogP contribution in [0.3, 0.4) is 0 Å². The van der Waals surface area contributed by atoms with E-state index in [0.29, 0.717) is 0 Å². The van der Waals surface area contributed by atoms with Gasteiger partial charge in [0.2, 0.25) is 0 Å². The van der Waals surface area contributed by atoms with Crippen LogP contribution in [-0.2, 0) is 11.0 Å². The van der Waals surface area contributed by atoms with Crippen molar-refractivity contribution in [2.75, 3.05) is 6.54 Å². The molecule has 0 aliphatic rings. The standard InChI is InChI=1S/C16H27NO/c1-14(2,3)12-7-9-13(10-8-12)16(18,11-17)15(4,5)6/h7-10,18H,11,17H2,1-6H3. The Labute approximate surface area is 111 Å². The molecule has 102 valence electrons. The second kappa shape index (κ2) is 4.67. The van der Waals surface area contributed by atoms with Crippen LogP contribution >= 0.6 is 0 Å². The van der Waals surface area contributed by atoms with Crippen molar-refractivity contribution < 1.29 is 5.11 Å². The average molecular weight is 249 g/mol. The lowest BCUT2D eigenvalue weighted by atomic mass is 9.71. The van der Waals surface area contributed by atoms with E-state index in [4.69, 9.17) is 5.73 Å². The van der Waals surface area contributed by atoms with E-state index in [1.807, 2.05) is 32.9 Å². The molecule has 0 spiro atoms. The van der Waals surface area contributed by atoms with Gasteiger partial charge >= 0.3 is 0 Å². The minimum Gasteiger partial charge on any atom is -0.383 e. The molecule has 18 heavy (non-hydrogen) atoms. The lowest BCUT2D eigenvalue weighted by Gasteiger charge is -2.40. The monoisotopic (exact) mass is 249 g/mol. The van der Waals surface area contributed by atoms with Crippen LogP contribution in [0.4, 0.5) is 0 Å². The second-order valence-electron chi connectivity index (χ2n) is 7.14. The van der Waals surface area contributed by atoms with Crippen LogP contribution in [0.1, 0.15) is 52.7 Å². The Kier molecular flexibility index (Phi) is 3.94. The summed E-state index contributed by atoms with van der Waals surface area (Å²) in [5.41, 5.74) is 6.81. The summed E-state index contributed by atoms with van der Waals surface area (Å²) < 4.78 is 0. The molecule has 0 saturated heterocycles. The van der Waals surface area contributed by atoms with Gasteiger partial charge in [0.1, 0.15) is 5.60 Å². The first-order valence-electron chi connectivity index (χ1n) is 6.56. The number of rotatable bonds is 2. The minimum absolute atomic E-state index is 0.126. The van der Waals surface area contributed by atoms with E-state index >= 15 is 0 Å². The van der Waals surface area contributed by atoms with Crippen LogP contribution in [0.5, 0.6) is 0 Å². The topological polar surface area (TPSA) is 46.2 Å². The Balaban J connectivity index is 3.19. The van der Waals surface area contributed by atoms with Crippen LogP contribution in [0.15, 0.2) is 24.3 Å². The van der Waals surface area contributed by atoms with Crippen molar-refractivity contribution in [3.8, 4) is 0 Å². The molecule has 1 aromatic rings. The molecule has 1 rings (SSSR count). The van der Waals surface area contributed by atoms with Crippen LogP contribution in [0.25, 0.3) is 0 Å². The van der Waals surface area contributed by atoms with E-state index in [1.165, 1.54) is 5.56 Å². The van der Waals surface area contributed by atoms with E-state index in [9.17, 15) is 5.11 Å². The van der Waals surface area contributed by atoms with Crippen molar-refractivity contribution in [2.45, 2.75) is 52.6 Å². The summed E-state index contributed by atoms with van der Waals surface area (Å²) in [4.78, 5) is 0. The molecule has 1 unspecified atom stereocenters. The molecule has 2 nitrogen and oxygen atoms in total. The Hall–Kier alpha value is -0.860. The van der Waals surface area contributed by atoms with Gasteiger partial charge in [-0.15, -0.1) is 0 Å². The maximum Gasteiger partial charge on any atom is 0.107 e. The zero-order chi connectivity index (χ0) is 14.2. The molecular weight excluding hydrogens is 222 g/mol. The summed E-state index contributed by atoms with van der Waals surface area (Å²) in [5, 5.41) is 10.8. The Bertz CT molecular complexity index is 395. The van der Waals surface area contributed by atoms with Gasteiger partial charge in [0.25, 0.3) is 0 Å². The van der Waals surface area contributed by atoms with Crippen molar-refractivity contribution in [1.29, 1.82) is 0 Å². The molecule has 0 saturated carbocycles. The fourth-order valence-corrected chi connectivity index (χ4v) is 2.10. The van der Waals surface area contributed by atoms with Crippen LogP contribution in [0.2, 0.25) is 0 Å². The van der Waals surface area contributed by atoms with E-state index in [0.717, 1.165) is 5.56 Å². The maximum atomic E-state index is 10.8. The number of hydrogen-bond donors (Lipinski definition) is 2. The molecule has 1 atom stereocenters. The van der Waals surface area contributed by atoms with Gasteiger partial charge < -0.3 is 10.8 Å². The molecule has 0 radical (unpaired) electrons. The first kappa shape index (κ1) is 15.2. The lowest BCUT2D eigenvalue weighted by molar-refractivity contribution is -0.0557. The fourth-order valence-electron chi connectivity index (χ4n) is 2.10. The van der Waals surface area contributed by atoms with Gasteiger partial charge in [-0.2, -0.15) is 0 Å². The highest BCUT2D eigenvalue weighted by Crippen LogP contribution is 2.39. The lowest BCUT2D eigenvalue weighted by Crippen LogP contribution is -2.46. The van der Waals surface area contributed by atoms with E-state index in [2.05, 4.69) is 32.9 Å². The highest BCUT2D eigenvalue weighted by atomic mass is 16.3. The average Bonchev–Trinajstić information content (AvgIpc) is 2.25. The van der Waals surface area contributed by atoms with Gasteiger partial charge in [-0.3, -0.25) is 0 Å². The van der Waals surface area contributed by atoms with E-state index < -0.39 is 5.60 Å². The van der Waals surface area contributed by atoms with Gasteiger partial charge in [0.15, 0.2) is 0 Å². The normalized spacial score (nSPS) is 16.4. The van der Waals surface area contributed by atoms with Crippen molar-refractivity contribution in [2.24, 2.45) is 11.1 Å². The van der Waals surface area contributed by atoms with E-state index in [-0.39, 0.29) is 17.4 Å². The molecule has 3 N–H and O–H groups in total. The van der Waals surface area contributed by atoms with Gasteiger partial charge in [-0.25, -0.2) is 0 Å². The van der Waals surface area contributed by atoms with Crippen molar-refractivity contribution in [1.82, 2.24) is 0 Å². The zero-order valence-electron chi connectivity index (χ0n) is 12.5. The van der Waals surface area contributed by atoms with Crippen LogP contribution in [-0.4, -0.2) is 11.7 Å². The van der Waals surface area contributed by atoms with Crippen molar-refractivity contribution in [3.05, 3.63) is 35.4 Å². The SMILES string of the molecule is CC(C)(C)c1ccc(C(O)(CN)C(C)(C)C)cc1. The molecule has 0 aliphatic heterocycles. The van der Waals surface area contributed by atoms with Gasteiger partial charge in [-0.1, -0.05) is 65.8 Å². The molecule has 0 aromatic heterocycles. The molecular formula is C16H27NO. The molecule has 1 aromatic carbocycles.